The number of hydrogen-bond donors (Lipinski definition) is 2. The molecule has 24 heavy (non-hydrogen) atoms. The Kier molecular flexibility index (Phi) is 6.69. The van der Waals surface area contributed by atoms with Gasteiger partial charge in [0.2, 0.25) is 0 Å². The molecule has 0 saturated carbocycles. The van der Waals surface area contributed by atoms with Crippen molar-refractivity contribution in [1.29, 1.82) is 0 Å². The third kappa shape index (κ3) is 4.80. The molecule has 3 heterocycles. The lowest BCUT2D eigenvalue weighted by atomic mass is 9.77. The van der Waals surface area contributed by atoms with Crippen molar-refractivity contribution in [2.24, 2.45) is 11.8 Å². The number of allylic oxidation sites excluding steroid dienone is 2. The SMILES string of the molecule is O=C(O)CCC/C=C\C[C@@H]1[C@@H](CNC2CCCCO2)[C@@H]2CC[C@H]1O2. The minimum atomic E-state index is -0.707. The number of rotatable bonds is 9. The first kappa shape index (κ1) is 17.9. The number of carboxylic acid groups (broad SMARTS) is 1. The molecule has 3 aliphatic heterocycles. The molecule has 0 aromatic heterocycles. The summed E-state index contributed by atoms with van der Waals surface area (Å²) < 4.78 is 11.9. The molecule has 5 atom stereocenters. The molecule has 0 aromatic rings. The monoisotopic (exact) mass is 337 g/mol. The zero-order valence-corrected chi connectivity index (χ0v) is 14.5. The van der Waals surface area contributed by atoms with E-state index in [0.717, 1.165) is 38.8 Å². The zero-order chi connectivity index (χ0) is 16.8. The van der Waals surface area contributed by atoms with E-state index < -0.39 is 5.97 Å². The van der Waals surface area contributed by atoms with E-state index in [1.165, 1.54) is 25.7 Å². The molecular weight excluding hydrogens is 306 g/mol. The highest BCUT2D eigenvalue weighted by Gasteiger charge is 2.47. The van der Waals surface area contributed by atoms with Gasteiger partial charge in [-0.1, -0.05) is 12.2 Å². The Bertz CT molecular complexity index is 433. The van der Waals surface area contributed by atoms with Crippen LogP contribution in [0.15, 0.2) is 12.2 Å². The first-order chi connectivity index (χ1) is 11.7. The summed E-state index contributed by atoms with van der Waals surface area (Å²) in [4.78, 5) is 10.5. The van der Waals surface area contributed by atoms with Crippen molar-refractivity contribution in [3.8, 4) is 0 Å². The van der Waals surface area contributed by atoms with Crippen molar-refractivity contribution in [2.45, 2.75) is 76.2 Å². The largest absolute Gasteiger partial charge is 0.481 e. The molecule has 2 N–H and O–H groups in total. The predicted octanol–water partition coefficient (Wildman–Crippen LogP) is 3.10. The Balaban J connectivity index is 1.42. The van der Waals surface area contributed by atoms with Crippen molar-refractivity contribution in [2.75, 3.05) is 13.2 Å². The summed E-state index contributed by atoms with van der Waals surface area (Å²) in [6.45, 7) is 1.87. The molecule has 5 nitrogen and oxygen atoms in total. The number of aliphatic carboxylic acids is 1. The molecule has 3 rings (SSSR count). The van der Waals surface area contributed by atoms with Gasteiger partial charge in [-0.2, -0.15) is 0 Å². The average molecular weight is 337 g/mol. The van der Waals surface area contributed by atoms with Crippen LogP contribution in [0.5, 0.6) is 0 Å². The summed E-state index contributed by atoms with van der Waals surface area (Å²) >= 11 is 0. The Labute approximate surface area is 144 Å². The number of carboxylic acids is 1. The second-order valence-electron chi connectivity index (χ2n) is 7.37. The number of carbonyl (C=O) groups is 1. The standard InChI is InChI=1S/C19H31NO4/c21-19(22)9-4-2-1-3-7-14-15(17-11-10-16(14)24-17)13-20-18-8-5-6-12-23-18/h1,3,14-18,20H,2,4-13H2,(H,21,22)/b3-1-/t14-,15-,16-,17+,18?/m1/s1. The fourth-order valence-electron chi connectivity index (χ4n) is 4.39. The molecule has 2 bridgehead atoms. The lowest BCUT2D eigenvalue weighted by Crippen LogP contribution is -2.42. The lowest BCUT2D eigenvalue weighted by molar-refractivity contribution is -0.137. The van der Waals surface area contributed by atoms with E-state index >= 15 is 0 Å². The van der Waals surface area contributed by atoms with Gasteiger partial charge >= 0.3 is 5.97 Å². The van der Waals surface area contributed by atoms with E-state index in [9.17, 15) is 4.79 Å². The first-order valence-corrected chi connectivity index (χ1v) is 9.61. The molecule has 5 heteroatoms. The molecule has 136 valence electrons. The maximum atomic E-state index is 10.5. The van der Waals surface area contributed by atoms with Crippen LogP contribution < -0.4 is 5.32 Å². The van der Waals surface area contributed by atoms with E-state index in [-0.39, 0.29) is 12.6 Å². The van der Waals surface area contributed by atoms with Crippen LogP contribution in [0.3, 0.4) is 0 Å². The molecule has 0 amide bonds. The van der Waals surface area contributed by atoms with Crippen molar-refractivity contribution in [1.82, 2.24) is 5.32 Å². The quantitative estimate of drug-likeness (QED) is 0.500. The molecule has 3 saturated heterocycles. The Morgan fingerprint density at radius 2 is 1.96 bits per heavy atom. The third-order valence-electron chi connectivity index (χ3n) is 5.69. The molecule has 0 aliphatic carbocycles. The number of fused-ring (bicyclic) bond motifs is 2. The van der Waals surface area contributed by atoms with Gasteiger partial charge in [0, 0.05) is 25.5 Å². The summed E-state index contributed by atoms with van der Waals surface area (Å²) in [5, 5.41) is 12.3. The van der Waals surface area contributed by atoms with Gasteiger partial charge in [-0.15, -0.1) is 0 Å². The average Bonchev–Trinajstić information content (AvgIpc) is 3.18. The van der Waals surface area contributed by atoms with Crippen LogP contribution in [-0.4, -0.2) is 42.7 Å². The summed E-state index contributed by atoms with van der Waals surface area (Å²) in [7, 11) is 0. The predicted molar refractivity (Wildman–Crippen MR) is 91.7 cm³/mol. The minimum absolute atomic E-state index is 0.227. The maximum absolute atomic E-state index is 10.5. The number of unbranched alkanes of at least 4 members (excludes halogenated alkanes) is 1. The van der Waals surface area contributed by atoms with Gasteiger partial charge < -0.3 is 14.6 Å². The fraction of sp³-hybridized carbons (Fsp3) is 0.842. The number of hydrogen-bond acceptors (Lipinski definition) is 4. The molecule has 3 aliphatic rings. The topological polar surface area (TPSA) is 67.8 Å². The first-order valence-electron chi connectivity index (χ1n) is 9.61. The number of nitrogens with one attached hydrogen (secondary N) is 1. The summed E-state index contributed by atoms with van der Waals surface area (Å²) in [6.07, 6.45) is 14.3. The Morgan fingerprint density at radius 1 is 1.12 bits per heavy atom. The van der Waals surface area contributed by atoms with Gasteiger partial charge in [-0.3, -0.25) is 10.1 Å². The second kappa shape index (κ2) is 8.97. The van der Waals surface area contributed by atoms with Crippen LogP contribution in [0, 0.1) is 11.8 Å². The highest BCUT2D eigenvalue weighted by atomic mass is 16.5. The Hall–Kier alpha value is -0.910. The summed E-state index contributed by atoms with van der Waals surface area (Å²) in [5.74, 6) is 0.467. The molecule has 0 radical (unpaired) electrons. The minimum Gasteiger partial charge on any atom is -0.481 e. The maximum Gasteiger partial charge on any atom is 0.303 e. The molecule has 0 spiro atoms. The van der Waals surface area contributed by atoms with Crippen LogP contribution in [-0.2, 0) is 14.3 Å². The molecular formula is C19H31NO4. The lowest BCUT2D eigenvalue weighted by Gasteiger charge is -2.30. The second-order valence-corrected chi connectivity index (χ2v) is 7.37. The van der Waals surface area contributed by atoms with Gasteiger partial charge in [-0.05, 0) is 57.3 Å². The zero-order valence-electron chi connectivity index (χ0n) is 14.5. The van der Waals surface area contributed by atoms with Gasteiger partial charge in [0.15, 0.2) is 0 Å². The van der Waals surface area contributed by atoms with Crippen LogP contribution in [0.2, 0.25) is 0 Å². The summed E-state index contributed by atoms with van der Waals surface area (Å²) in [6, 6.07) is 0. The van der Waals surface area contributed by atoms with Gasteiger partial charge in [0.1, 0.15) is 6.23 Å². The Morgan fingerprint density at radius 3 is 2.71 bits per heavy atom. The van der Waals surface area contributed by atoms with Gasteiger partial charge in [0.25, 0.3) is 0 Å². The fourth-order valence-corrected chi connectivity index (χ4v) is 4.39. The van der Waals surface area contributed by atoms with Gasteiger partial charge in [0.05, 0.1) is 12.2 Å². The van der Waals surface area contributed by atoms with Crippen LogP contribution in [0.4, 0.5) is 0 Å². The van der Waals surface area contributed by atoms with Crippen molar-refractivity contribution < 1.29 is 19.4 Å². The highest BCUT2D eigenvalue weighted by molar-refractivity contribution is 5.66. The van der Waals surface area contributed by atoms with Crippen molar-refractivity contribution >= 4 is 5.97 Å². The summed E-state index contributed by atoms with van der Waals surface area (Å²) in [5.41, 5.74) is 0. The van der Waals surface area contributed by atoms with E-state index in [0.29, 0.717) is 24.0 Å². The molecule has 1 unspecified atom stereocenters. The van der Waals surface area contributed by atoms with E-state index in [2.05, 4.69) is 17.5 Å². The van der Waals surface area contributed by atoms with Gasteiger partial charge in [-0.25, -0.2) is 0 Å². The van der Waals surface area contributed by atoms with Crippen molar-refractivity contribution in [3.63, 3.8) is 0 Å². The van der Waals surface area contributed by atoms with E-state index in [1.54, 1.807) is 0 Å². The van der Waals surface area contributed by atoms with Crippen LogP contribution in [0.1, 0.15) is 57.8 Å². The van der Waals surface area contributed by atoms with Crippen LogP contribution >= 0.6 is 0 Å². The van der Waals surface area contributed by atoms with Crippen LogP contribution in [0.25, 0.3) is 0 Å². The van der Waals surface area contributed by atoms with E-state index in [4.69, 9.17) is 14.6 Å². The highest BCUT2D eigenvalue weighted by Crippen LogP contribution is 2.45. The van der Waals surface area contributed by atoms with E-state index in [1.807, 2.05) is 0 Å². The molecule has 3 fully saturated rings. The third-order valence-corrected chi connectivity index (χ3v) is 5.69. The van der Waals surface area contributed by atoms with Crippen molar-refractivity contribution in [3.05, 3.63) is 12.2 Å². The normalized spacial score (nSPS) is 35.8. The number of ether oxygens (including phenoxy) is 2. The smallest absolute Gasteiger partial charge is 0.303 e. The molecule has 0 aromatic carbocycles.